The lowest BCUT2D eigenvalue weighted by atomic mass is 9.89. The number of aldehydes is 1. The van der Waals surface area contributed by atoms with E-state index in [2.05, 4.69) is 19.1 Å². The first-order chi connectivity index (χ1) is 61.2. The number of aryl methyl sites for hydroxylation is 1. The zero-order valence-corrected chi connectivity index (χ0v) is 75.5. The third kappa shape index (κ3) is 37.4. The maximum atomic E-state index is 11.9. The van der Waals surface area contributed by atoms with Crippen LogP contribution in [0.3, 0.4) is 0 Å². The van der Waals surface area contributed by atoms with E-state index < -0.39 is 89.8 Å². The third-order valence-electron chi connectivity index (χ3n) is 20.8. The number of carbonyl (C=O) groups excluding carboxylic acids is 4. The molecule has 5 aliphatic rings. The van der Waals surface area contributed by atoms with Gasteiger partial charge in [0.15, 0.2) is 24.2 Å². The van der Waals surface area contributed by atoms with Gasteiger partial charge in [-0.15, -0.1) is 0 Å². The van der Waals surface area contributed by atoms with E-state index in [-0.39, 0.29) is 107 Å². The summed E-state index contributed by atoms with van der Waals surface area (Å²) in [5.74, 6) is -4.67. The van der Waals surface area contributed by atoms with Crippen LogP contribution in [0.25, 0.3) is 0 Å². The van der Waals surface area contributed by atoms with Crippen LogP contribution in [0, 0.1) is 42.4 Å². The predicted molar refractivity (Wildman–Crippen MR) is 473 cm³/mol. The molecule has 0 aromatic heterocycles. The van der Waals surface area contributed by atoms with Crippen LogP contribution in [0.5, 0.6) is 28.7 Å². The summed E-state index contributed by atoms with van der Waals surface area (Å²) in [5.41, 5.74) is 5.98. The Morgan fingerprint density at radius 1 is 0.555 bits per heavy atom. The van der Waals surface area contributed by atoms with Gasteiger partial charge in [-0.1, -0.05) is 152 Å². The summed E-state index contributed by atoms with van der Waals surface area (Å²) in [4.78, 5) is 85.8. The highest BCUT2D eigenvalue weighted by molar-refractivity contribution is 5.84. The summed E-state index contributed by atoms with van der Waals surface area (Å²) in [5, 5.41) is 83.4. The second-order valence-corrected chi connectivity index (χ2v) is 30.7. The molecule has 5 fully saturated rings. The highest BCUT2D eigenvalue weighted by atomic mass is 16.7. The number of hydrogen-bond acceptors (Lipinski definition) is 27. The Hall–Kier alpha value is -10.9. The molecule has 6 aromatic rings. The zero-order chi connectivity index (χ0) is 94.9. The van der Waals surface area contributed by atoms with E-state index in [0.717, 1.165) is 29.6 Å². The number of carboxylic acid groups (broad SMARTS) is 4. The number of aliphatic carboxylic acids is 4. The molecule has 0 spiro atoms. The predicted octanol–water partition coefficient (Wildman–Crippen LogP) is 15.3. The smallest absolute Gasteiger partial charge is 0.508 e. The molecule has 6 aromatic carbocycles. The maximum absolute atomic E-state index is 11.9. The quantitative estimate of drug-likeness (QED) is 0.00607. The van der Waals surface area contributed by atoms with Crippen molar-refractivity contribution in [2.75, 3.05) is 75.7 Å². The van der Waals surface area contributed by atoms with Crippen molar-refractivity contribution in [2.24, 2.45) is 35.5 Å². The van der Waals surface area contributed by atoms with Gasteiger partial charge in [-0.05, 0) is 135 Å². The molecule has 0 saturated carbocycles. The molecule has 704 valence electrons. The normalized spacial score (nSPS) is 21.7. The number of methoxy groups -OCH3 is 6. The molecular weight excluding hydrogens is 1660 g/mol. The molecule has 0 bridgehead atoms. The van der Waals surface area contributed by atoms with Crippen LogP contribution in [-0.2, 0) is 85.7 Å². The average molecular weight is 1790 g/mol. The van der Waals surface area contributed by atoms with Crippen molar-refractivity contribution >= 4 is 48.1 Å². The number of para-hydroxylation sites is 5. The molecule has 5 heterocycles. The fraction of sp³-hybridized carbons (Fsp3) is 0.485. The van der Waals surface area contributed by atoms with E-state index in [4.69, 9.17) is 91.5 Å². The van der Waals surface area contributed by atoms with Gasteiger partial charge < -0.3 is 117 Å². The first kappa shape index (κ1) is 109. The van der Waals surface area contributed by atoms with Crippen LogP contribution in [0.1, 0.15) is 203 Å². The van der Waals surface area contributed by atoms with Gasteiger partial charge in [-0.3, -0.25) is 33.6 Å². The van der Waals surface area contributed by atoms with E-state index in [9.17, 15) is 59.1 Å². The van der Waals surface area contributed by atoms with Crippen LogP contribution in [0.2, 0.25) is 0 Å². The van der Waals surface area contributed by atoms with Crippen LogP contribution in [-0.4, -0.2) is 194 Å². The highest BCUT2D eigenvalue weighted by Crippen LogP contribution is 2.45. The number of aromatic hydroxyl groups is 1. The number of ether oxygens (including phenoxy) is 14. The second kappa shape index (κ2) is 58.5. The average Bonchev–Trinajstić information content (AvgIpc) is 1.79. The number of esters is 3. The van der Waals surface area contributed by atoms with Crippen molar-refractivity contribution in [1.82, 2.24) is 0 Å². The standard InChI is InChI=1S/C19H26O4.C17H22O5.C16H22O5.C14H16O5.C12H12O5.C12H16O4.C5H12O2.C2H4O/c1-14-9-7-8-11-16(14)18-15(13-22-19(2,3)23-18)10-5-4-6-12-17(20)21;1-12-21-11-13(7-3-2-4-10-16(19)20)17(22-12)14-8-5-6-9-15(14)18;1-21-14-9-6-5-8-13(14)16(20)12(11-17)7-3-2-4-10-15(18)19;1-3-18-14(16)10-8-12(15)19-13(10)9-6-4-5-7-11(9)17-2;1-16-9-5-3-2-4-7(9)11-8(12(14)15)6-10(13)17-11;1-15-10-5-3-2-4-9(10)12-8(7-13)6-11(14)16-12;1-5(2,6-3)7-4;1-2-3/h4-5,7-9,11,15,18H,6,10,12-13H2,1-3H3,(H,20,21);2-3,5-6,8-9,12-13,17-18H,4,7,10-11H2,1H3,(H,19,20);2-3,5-6,8-9,12,16-17,20H,4,7,10-11H2,1H3,(H,18,19);4-7,10,13H,3,8H2,1-2H3;2-5,8,11H,6H2,1H3,(H,14,15);2-5,8,11-14H,6-7H2,1H3;1-4H3;2H,1H3/p+1/b5-4-;2*3-2-;;;;;/t15-,18+;12-,13+,17-;;10-,13?;8-,11?;8-,11?,12?;;/m10.001../s1. The van der Waals surface area contributed by atoms with Gasteiger partial charge in [0.2, 0.25) is 0 Å². The molecule has 128 heavy (non-hydrogen) atoms. The topological polar surface area (TPSA) is 448 Å². The lowest BCUT2D eigenvalue weighted by Gasteiger charge is -2.41. The molecule has 31 nitrogen and oxygen atoms in total. The Bertz CT molecular complexity index is 4420. The van der Waals surface area contributed by atoms with Crippen molar-refractivity contribution in [2.45, 2.75) is 193 Å². The first-order valence-corrected chi connectivity index (χ1v) is 42.2. The molecule has 31 heteroatoms. The van der Waals surface area contributed by atoms with Crippen LogP contribution in [0.15, 0.2) is 182 Å². The lowest BCUT2D eigenvalue weighted by Crippen LogP contribution is -2.41. The Kier molecular flexibility index (Phi) is 50.0. The number of benzene rings is 6. The van der Waals surface area contributed by atoms with Crippen molar-refractivity contribution in [3.63, 3.8) is 0 Å². The zero-order valence-electron chi connectivity index (χ0n) is 76.5. The summed E-state index contributed by atoms with van der Waals surface area (Å²) in [7, 11) is 9.39. The lowest BCUT2D eigenvalue weighted by molar-refractivity contribution is -0.295. The van der Waals surface area contributed by atoms with Crippen molar-refractivity contribution in [1.29, 1.82) is 0 Å². The van der Waals surface area contributed by atoms with Gasteiger partial charge in [0.1, 0.15) is 59.1 Å². The van der Waals surface area contributed by atoms with Gasteiger partial charge in [-0.25, -0.2) is 0 Å². The third-order valence-corrected chi connectivity index (χ3v) is 20.8. The van der Waals surface area contributed by atoms with Crippen LogP contribution < -0.4 is 18.9 Å². The minimum Gasteiger partial charge on any atom is -0.508 e. The molecule has 0 radical (unpaired) electrons. The molecule has 14 atom stereocenters. The monoisotopic (exact) mass is 1790 g/mol. The molecule has 0 aliphatic carbocycles. The number of aliphatic hydroxyl groups excluding tert-OH is 4. The van der Waals surface area contributed by atoms with Crippen LogP contribution in [0.4, 0.5) is 0 Å². The Balaban J connectivity index is 0.000000391. The molecule has 6 unspecified atom stereocenters. The number of allylic oxidation sites excluding steroid dienone is 6. The van der Waals surface area contributed by atoms with Crippen molar-refractivity contribution in [3.05, 3.63) is 221 Å². The van der Waals surface area contributed by atoms with E-state index in [1.54, 1.807) is 107 Å². The Labute approximate surface area is 750 Å². The molecule has 0 amide bonds. The van der Waals surface area contributed by atoms with Gasteiger partial charge in [0.25, 0.3) is 0 Å². The van der Waals surface area contributed by atoms with Gasteiger partial charge in [0, 0.05) is 105 Å². The Morgan fingerprint density at radius 2 is 0.977 bits per heavy atom. The van der Waals surface area contributed by atoms with E-state index >= 15 is 0 Å². The van der Waals surface area contributed by atoms with Gasteiger partial charge in [-0.2, -0.15) is 0 Å². The van der Waals surface area contributed by atoms with Gasteiger partial charge >= 0.3 is 43.2 Å². The minimum absolute atomic E-state index is 0. The minimum atomic E-state index is -1.04. The number of phenols is 1. The maximum Gasteiger partial charge on any atom is 1.00 e. The molecule has 5 aliphatic heterocycles. The number of carboxylic acids is 4. The van der Waals surface area contributed by atoms with Crippen LogP contribution >= 0.6 is 0 Å². The van der Waals surface area contributed by atoms with E-state index in [1.807, 2.05) is 126 Å². The highest BCUT2D eigenvalue weighted by Gasteiger charge is 2.45. The first-order valence-electron chi connectivity index (χ1n) is 42.2. The Morgan fingerprint density at radius 3 is 1.42 bits per heavy atom. The summed E-state index contributed by atoms with van der Waals surface area (Å²) < 4.78 is 74.7. The molecule has 5 saturated heterocycles. The number of rotatable bonds is 33. The van der Waals surface area contributed by atoms with Crippen molar-refractivity contribution < 1.29 is 152 Å². The number of carbonyl (C=O) groups is 8. The SMILES string of the molecule is CC=O.CCOC(=O)[C@H]1CC(=O)OC1c1ccccc1OC.COC(C)(C)OC.COc1ccccc1C(O)C(CO)C/C=C\CCC(=O)O.COc1ccccc1C1OC(=O)C[C@@H]1C(=O)O.COc1ccccc1C1OC(O)C[C@@H]1CO.C[C@H]1OC[C@@H](C/C=C\CCC(=O)O)[C@@H](c2ccccc2O)O1.Cc1ccccc1[C@H]1OC(C)(C)OC[C@H]1C/C=C\CCC(=O)O.[H+]. The number of phenolic OH excluding ortho intramolecular Hbond substituents is 1. The number of hydrogen-bond donors (Lipinski definition) is 9. The van der Waals surface area contributed by atoms with E-state index in [0.29, 0.717) is 85.7 Å². The van der Waals surface area contributed by atoms with E-state index in [1.165, 1.54) is 39.4 Å². The fourth-order valence-corrected chi connectivity index (χ4v) is 13.8. The summed E-state index contributed by atoms with van der Waals surface area (Å²) in [6.45, 7) is 16.0. The number of cyclic esters (lactones) is 2. The second-order valence-electron chi connectivity index (χ2n) is 30.7. The fourth-order valence-electron chi connectivity index (χ4n) is 13.8. The van der Waals surface area contributed by atoms with Gasteiger partial charge in [0.05, 0.1) is 85.5 Å². The van der Waals surface area contributed by atoms with Crippen molar-refractivity contribution in [3.8, 4) is 28.7 Å². The molecule has 9 N–H and O–H groups in total. The largest absolute Gasteiger partial charge is 1.00 e. The number of aliphatic hydroxyl groups is 4. The summed E-state index contributed by atoms with van der Waals surface area (Å²) in [6, 6.07) is 44.2. The summed E-state index contributed by atoms with van der Waals surface area (Å²) in [6.07, 6.45) is 12.5. The molecule has 11 rings (SSSR count). The summed E-state index contributed by atoms with van der Waals surface area (Å²) >= 11 is 0. The molecular formula is C97H131O31+.